The van der Waals surface area contributed by atoms with Gasteiger partial charge in [-0.05, 0) is 74.1 Å². The van der Waals surface area contributed by atoms with Gasteiger partial charge in [-0.1, -0.05) is 32.0 Å². The van der Waals surface area contributed by atoms with Gasteiger partial charge in [0.2, 0.25) is 5.91 Å². The van der Waals surface area contributed by atoms with Gasteiger partial charge >= 0.3 is 0 Å². The molecule has 0 saturated heterocycles. The van der Waals surface area contributed by atoms with Crippen molar-refractivity contribution in [1.82, 2.24) is 10.2 Å². The number of halogens is 1. The zero-order valence-corrected chi connectivity index (χ0v) is 19.5. The SMILES string of the molecule is CC(C)CC(=O)N1CCc2ccc(O[C@H](C)C(=O)NC(C)C)cc2[C@@H]1c1ccc(F)cc1. The maximum atomic E-state index is 13.6. The minimum Gasteiger partial charge on any atom is -0.481 e. The molecule has 3 rings (SSSR count). The number of fused-ring (bicyclic) bond motifs is 1. The van der Waals surface area contributed by atoms with Crippen molar-refractivity contribution in [1.29, 1.82) is 0 Å². The first kappa shape index (κ1) is 23.8. The van der Waals surface area contributed by atoms with Crippen LogP contribution >= 0.6 is 0 Å². The van der Waals surface area contributed by atoms with Gasteiger partial charge in [-0.15, -0.1) is 0 Å². The van der Waals surface area contributed by atoms with E-state index in [0.29, 0.717) is 18.7 Å². The Morgan fingerprint density at radius 3 is 2.41 bits per heavy atom. The van der Waals surface area contributed by atoms with Crippen LogP contribution in [0.15, 0.2) is 42.5 Å². The molecule has 0 aliphatic carbocycles. The molecular weight excluding hydrogens is 407 g/mol. The second-order valence-corrected chi connectivity index (χ2v) is 9.17. The highest BCUT2D eigenvalue weighted by Gasteiger charge is 2.32. The largest absolute Gasteiger partial charge is 0.481 e. The number of hydrogen-bond donors (Lipinski definition) is 1. The van der Waals surface area contributed by atoms with E-state index in [0.717, 1.165) is 23.1 Å². The van der Waals surface area contributed by atoms with Crippen molar-refractivity contribution >= 4 is 11.8 Å². The standard InChI is InChI=1S/C26H33FN2O3/c1-16(2)14-24(30)29-13-12-19-8-11-22(32-18(5)26(31)28-17(3)4)15-23(19)25(29)20-6-9-21(27)10-7-20/h6-11,15-18,25H,12-14H2,1-5H3,(H,28,31)/t18-,25+/m1/s1. The van der Waals surface area contributed by atoms with Gasteiger partial charge in [0.05, 0.1) is 6.04 Å². The van der Waals surface area contributed by atoms with Crippen LogP contribution in [0.5, 0.6) is 5.75 Å². The Morgan fingerprint density at radius 2 is 1.78 bits per heavy atom. The predicted octanol–water partition coefficient (Wildman–Crippen LogP) is 4.64. The van der Waals surface area contributed by atoms with Gasteiger partial charge in [0.15, 0.2) is 6.10 Å². The molecule has 1 aliphatic rings. The Kier molecular flexibility index (Phi) is 7.54. The lowest BCUT2D eigenvalue weighted by Gasteiger charge is -2.38. The average Bonchev–Trinajstić information content (AvgIpc) is 2.72. The Balaban J connectivity index is 1.96. The van der Waals surface area contributed by atoms with Crippen molar-refractivity contribution in [2.24, 2.45) is 5.92 Å². The maximum absolute atomic E-state index is 13.6. The molecule has 1 N–H and O–H groups in total. The van der Waals surface area contributed by atoms with Crippen LogP contribution in [-0.2, 0) is 16.0 Å². The van der Waals surface area contributed by atoms with Gasteiger partial charge in [0, 0.05) is 19.0 Å². The molecule has 0 saturated carbocycles. The number of nitrogens with zero attached hydrogens (tertiary/aromatic N) is 1. The molecule has 0 aromatic heterocycles. The molecule has 0 unspecified atom stereocenters. The summed E-state index contributed by atoms with van der Waals surface area (Å²) in [5.41, 5.74) is 2.93. The lowest BCUT2D eigenvalue weighted by atomic mass is 9.87. The minimum absolute atomic E-state index is 0.0282. The van der Waals surface area contributed by atoms with Crippen LogP contribution in [0.25, 0.3) is 0 Å². The quantitative estimate of drug-likeness (QED) is 0.683. The van der Waals surface area contributed by atoms with E-state index in [1.807, 2.05) is 50.8 Å². The molecule has 2 aromatic rings. The van der Waals surface area contributed by atoms with Crippen molar-refractivity contribution < 1.29 is 18.7 Å². The van der Waals surface area contributed by atoms with Crippen LogP contribution in [0.4, 0.5) is 4.39 Å². The van der Waals surface area contributed by atoms with Crippen LogP contribution in [0.1, 0.15) is 63.8 Å². The Morgan fingerprint density at radius 1 is 1.09 bits per heavy atom. The maximum Gasteiger partial charge on any atom is 0.260 e. The van der Waals surface area contributed by atoms with Gasteiger partial charge in [-0.25, -0.2) is 4.39 Å². The molecule has 6 heteroatoms. The summed E-state index contributed by atoms with van der Waals surface area (Å²) in [7, 11) is 0. The average molecular weight is 441 g/mol. The van der Waals surface area contributed by atoms with E-state index in [1.54, 1.807) is 19.1 Å². The van der Waals surface area contributed by atoms with E-state index in [-0.39, 0.29) is 35.6 Å². The van der Waals surface area contributed by atoms with Crippen LogP contribution in [0.3, 0.4) is 0 Å². The van der Waals surface area contributed by atoms with Crippen molar-refractivity contribution in [2.45, 2.75) is 65.6 Å². The topological polar surface area (TPSA) is 58.6 Å². The smallest absolute Gasteiger partial charge is 0.260 e. The van der Waals surface area contributed by atoms with E-state index in [2.05, 4.69) is 5.32 Å². The first-order valence-corrected chi connectivity index (χ1v) is 11.3. The zero-order valence-electron chi connectivity index (χ0n) is 19.5. The lowest BCUT2D eigenvalue weighted by molar-refractivity contribution is -0.134. The third kappa shape index (κ3) is 5.67. The molecule has 0 fully saturated rings. The summed E-state index contributed by atoms with van der Waals surface area (Å²) >= 11 is 0. The molecule has 1 heterocycles. The van der Waals surface area contributed by atoms with Gasteiger partial charge in [-0.3, -0.25) is 9.59 Å². The predicted molar refractivity (Wildman–Crippen MR) is 123 cm³/mol. The number of amides is 2. The molecule has 172 valence electrons. The summed E-state index contributed by atoms with van der Waals surface area (Å²) in [6, 6.07) is 11.8. The molecular formula is C26H33FN2O3. The molecule has 0 spiro atoms. The fourth-order valence-corrected chi connectivity index (χ4v) is 4.07. The number of carbonyl (C=O) groups excluding carboxylic acids is 2. The summed E-state index contributed by atoms with van der Waals surface area (Å²) in [4.78, 5) is 27.3. The fourth-order valence-electron chi connectivity index (χ4n) is 4.07. The van der Waals surface area contributed by atoms with E-state index < -0.39 is 6.10 Å². The summed E-state index contributed by atoms with van der Waals surface area (Å²) < 4.78 is 19.5. The van der Waals surface area contributed by atoms with Gasteiger partial charge in [-0.2, -0.15) is 0 Å². The highest BCUT2D eigenvalue weighted by molar-refractivity contribution is 5.81. The van der Waals surface area contributed by atoms with E-state index in [9.17, 15) is 14.0 Å². The van der Waals surface area contributed by atoms with Gasteiger partial charge < -0.3 is 15.0 Å². The number of carbonyl (C=O) groups is 2. The molecule has 5 nitrogen and oxygen atoms in total. The van der Waals surface area contributed by atoms with Crippen LogP contribution in [0, 0.1) is 11.7 Å². The van der Waals surface area contributed by atoms with Crippen molar-refractivity contribution in [2.75, 3.05) is 6.54 Å². The molecule has 0 radical (unpaired) electrons. The summed E-state index contributed by atoms with van der Waals surface area (Å²) in [5.74, 6) is 0.401. The number of rotatable bonds is 7. The van der Waals surface area contributed by atoms with Crippen molar-refractivity contribution in [3.05, 3.63) is 65.0 Å². The van der Waals surface area contributed by atoms with Crippen molar-refractivity contribution in [3.63, 3.8) is 0 Å². The molecule has 2 atom stereocenters. The molecule has 2 amide bonds. The van der Waals surface area contributed by atoms with Gasteiger partial charge in [0.25, 0.3) is 5.91 Å². The highest BCUT2D eigenvalue weighted by atomic mass is 19.1. The van der Waals surface area contributed by atoms with Crippen LogP contribution in [-0.4, -0.2) is 35.4 Å². The first-order valence-electron chi connectivity index (χ1n) is 11.3. The second kappa shape index (κ2) is 10.2. The summed E-state index contributed by atoms with van der Waals surface area (Å²) in [5, 5.41) is 2.85. The molecule has 2 aromatic carbocycles. The second-order valence-electron chi connectivity index (χ2n) is 9.17. The minimum atomic E-state index is -0.651. The Hall–Kier alpha value is -2.89. The Bertz CT molecular complexity index is 956. The zero-order chi connectivity index (χ0) is 23.4. The van der Waals surface area contributed by atoms with E-state index >= 15 is 0 Å². The number of hydrogen-bond acceptors (Lipinski definition) is 3. The normalized spacial score (nSPS) is 16.6. The van der Waals surface area contributed by atoms with E-state index in [4.69, 9.17) is 4.74 Å². The van der Waals surface area contributed by atoms with Crippen molar-refractivity contribution in [3.8, 4) is 5.75 Å². The number of ether oxygens (including phenoxy) is 1. The molecule has 0 bridgehead atoms. The highest BCUT2D eigenvalue weighted by Crippen LogP contribution is 2.38. The Labute approximate surface area is 190 Å². The fraction of sp³-hybridized carbons (Fsp3) is 0.462. The third-order valence-electron chi connectivity index (χ3n) is 5.55. The van der Waals surface area contributed by atoms with Crippen LogP contribution < -0.4 is 10.1 Å². The molecule has 32 heavy (non-hydrogen) atoms. The van der Waals surface area contributed by atoms with Gasteiger partial charge in [0.1, 0.15) is 11.6 Å². The van der Waals surface area contributed by atoms with Crippen LogP contribution in [0.2, 0.25) is 0 Å². The first-order chi connectivity index (χ1) is 15.2. The summed E-state index contributed by atoms with van der Waals surface area (Å²) in [6.45, 7) is 10.2. The number of nitrogens with one attached hydrogen (secondary N) is 1. The molecule has 1 aliphatic heterocycles. The monoisotopic (exact) mass is 440 g/mol. The summed E-state index contributed by atoms with van der Waals surface area (Å²) in [6.07, 6.45) is 0.540. The van der Waals surface area contributed by atoms with E-state index in [1.165, 1.54) is 12.1 Å². The third-order valence-corrected chi connectivity index (χ3v) is 5.55. The number of benzene rings is 2. The lowest BCUT2D eigenvalue weighted by Crippen LogP contribution is -2.41.